The van der Waals surface area contributed by atoms with Gasteiger partial charge in [0, 0.05) is 24.3 Å². The number of nitrogens with zero attached hydrogens (tertiary/aromatic N) is 4. The van der Waals surface area contributed by atoms with Crippen molar-refractivity contribution in [2.24, 2.45) is 11.8 Å². The molecule has 2 aromatic heterocycles. The van der Waals surface area contributed by atoms with Crippen molar-refractivity contribution < 1.29 is 19.0 Å². The van der Waals surface area contributed by atoms with Gasteiger partial charge in [0.15, 0.2) is 0 Å². The van der Waals surface area contributed by atoms with Crippen LogP contribution in [0.1, 0.15) is 43.0 Å². The second-order valence-corrected chi connectivity index (χ2v) is 8.98. The Morgan fingerprint density at radius 3 is 2.91 bits per heavy atom. The van der Waals surface area contributed by atoms with E-state index >= 15 is 4.39 Å². The fourth-order valence-electron chi connectivity index (χ4n) is 4.93. The number of hydrogen-bond acceptors (Lipinski definition) is 6. The van der Waals surface area contributed by atoms with Gasteiger partial charge in [-0.1, -0.05) is 0 Å². The third kappa shape index (κ3) is 5.86. The molecule has 8 heteroatoms. The summed E-state index contributed by atoms with van der Waals surface area (Å²) in [6, 6.07) is 9.11. The third-order valence-corrected chi connectivity index (χ3v) is 6.85. The summed E-state index contributed by atoms with van der Waals surface area (Å²) >= 11 is 0. The van der Waals surface area contributed by atoms with E-state index in [1.54, 1.807) is 31.8 Å². The maximum absolute atomic E-state index is 15.4. The van der Waals surface area contributed by atoms with Crippen molar-refractivity contribution in [2.45, 2.75) is 38.3 Å². The number of carbonyl (C=O) groups is 1. The number of benzene rings is 1. The number of aliphatic carboxylic acids is 1. The lowest BCUT2D eigenvalue weighted by molar-refractivity contribution is -0.146. The van der Waals surface area contributed by atoms with Crippen molar-refractivity contribution in [3.05, 3.63) is 60.0 Å². The molecule has 3 aromatic rings. The number of hydrogen-bond donors (Lipinski definition) is 1. The van der Waals surface area contributed by atoms with Crippen LogP contribution < -0.4 is 4.74 Å². The molecule has 0 unspecified atom stereocenters. The predicted octanol–water partition coefficient (Wildman–Crippen LogP) is 4.48. The van der Waals surface area contributed by atoms with Crippen LogP contribution in [-0.2, 0) is 11.2 Å². The van der Waals surface area contributed by atoms with Gasteiger partial charge < -0.3 is 14.7 Å². The van der Waals surface area contributed by atoms with Gasteiger partial charge in [0.25, 0.3) is 0 Å². The highest BCUT2D eigenvalue weighted by Crippen LogP contribution is 2.35. The van der Waals surface area contributed by atoms with Gasteiger partial charge in [-0.2, -0.15) is 10.2 Å². The number of halogens is 1. The minimum absolute atomic E-state index is 0.0287. The Kier molecular flexibility index (Phi) is 8.00. The molecule has 3 heterocycles. The number of alkyl halides is 1. The SMILES string of the molecule is COc1ccc2nccc([C@@H](F)CC[C@@H]3CCN(CCCc4ccnnc4)C[C@@H]3C(=O)O)c2c1. The van der Waals surface area contributed by atoms with Gasteiger partial charge in [-0.3, -0.25) is 9.78 Å². The van der Waals surface area contributed by atoms with E-state index in [1.165, 1.54) is 0 Å². The van der Waals surface area contributed by atoms with Crippen molar-refractivity contribution in [3.8, 4) is 5.75 Å². The molecule has 0 amide bonds. The average Bonchev–Trinajstić information content (AvgIpc) is 2.87. The van der Waals surface area contributed by atoms with Gasteiger partial charge in [-0.15, -0.1) is 0 Å². The Morgan fingerprint density at radius 1 is 1.26 bits per heavy atom. The second kappa shape index (κ2) is 11.3. The normalized spacial score (nSPS) is 19.7. The molecule has 180 valence electrons. The quantitative estimate of drug-likeness (QED) is 0.471. The molecule has 1 aliphatic rings. The zero-order valence-electron chi connectivity index (χ0n) is 19.4. The molecule has 0 bridgehead atoms. The van der Waals surface area contributed by atoms with Crippen LogP contribution in [0.15, 0.2) is 48.9 Å². The molecule has 1 fully saturated rings. The number of fused-ring (bicyclic) bond motifs is 1. The van der Waals surface area contributed by atoms with E-state index < -0.39 is 18.1 Å². The number of aryl methyl sites for hydroxylation is 1. The van der Waals surface area contributed by atoms with Crippen molar-refractivity contribution in [2.75, 3.05) is 26.7 Å². The van der Waals surface area contributed by atoms with Crippen molar-refractivity contribution in [3.63, 3.8) is 0 Å². The van der Waals surface area contributed by atoms with Crippen molar-refractivity contribution >= 4 is 16.9 Å². The van der Waals surface area contributed by atoms with Crippen LogP contribution in [0.4, 0.5) is 4.39 Å². The van der Waals surface area contributed by atoms with E-state index in [-0.39, 0.29) is 5.92 Å². The molecule has 0 aliphatic carbocycles. The number of rotatable bonds is 10. The van der Waals surface area contributed by atoms with E-state index in [1.807, 2.05) is 24.3 Å². The smallest absolute Gasteiger partial charge is 0.308 e. The van der Waals surface area contributed by atoms with Crippen LogP contribution in [0.25, 0.3) is 10.9 Å². The Bertz CT molecular complexity index is 1100. The minimum Gasteiger partial charge on any atom is -0.497 e. The van der Waals surface area contributed by atoms with Gasteiger partial charge >= 0.3 is 5.97 Å². The lowest BCUT2D eigenvalue weighted by Crippen LogP contribution is -2.44. The summed E-state index contributed by atoms with van der Waals surface area (Å²) in [5, 5.41) is 18.3. The van der Waals surface area contributed by atoms with Gasteiger partial charge in [0.2, 0.25) is 0 Å². The number of carboxylic acids is 1. The standard InChI is InChI=1S/C26H31FN4O3/c1-34-20-5-7-25-22(15-20)21(9-11-28-25)24(27)6-4-19-10-14-31(17-23(19)26(32)33)13-2-3-18-8-12-29-30-16-18/h5,7-9,11-12,15-16,19,23-24H,2-4,6,10,13-14,17H2,1H3,(H,32,33)/t19-,23+,24+/m1/s1. The molecule has 34 heavy (non-hydrogen) atoms. The maximum atomic E-state index is 15.4. The summed E-state index contributed by atoms with van der Waals surface area (Å²) in [6.07, 6.45) is 7.33. The zero-order chi connectivity index (χ0) is 23.9. The van der Waals surface area contributed by atoms with Crippen LogP contribution in [0.5, 0.6) is 5.75 Å². The first-order valence-corrected chi connectivity index (χ1v) is 11.8. The molecule has 1 N–H and O–H groups in total. The fraction of sp³-hybridized carbons (Fsp3) is 0.462. The number of piperidine rings is 1. The summed E-state index contributed by atoms with van der Waals surface area (Å²) in [4.78, 5) is 18.6. The van der Waals surface area contributed by atoms with Gasteiger partial charge in [-0.25, -0.2) is 4.39 Å². The lowest BCUT2D eigenvalue weighted by Gasteiger charge is -2.37. The number of pyridine rings is 1. The van der Waals surface area contributed by atoms with E-state index in [4.69, 9.17) is 4.74 Å². The van der Waals surface area contributed by atoms with E-state index in [0.717, 1.165) is 48.8 Å². The first kappa shape index (κ1) is 24.0. The maximum Gasteiger partial charge on any atom is 0.308 e. The monoisotopic (exact) mass is 466 g/mol. The average molecular weight is 467 g/mol. The molecule has 1 aromatic carbocycles. The largest absolute Gasteiger partial charge is 0.497 e. The highest BCUT2D eigenvalue weighted by atomic mass is 19.1. The van der Waals surface area contributed by atoms with E-state index in [2.05, 4.69) is 20.1 Å². The first-order chi connectivity index (χ1) is 16.5. The Balaban J connectivity index is 1.34. The minimum atomic E-state index is -1.18. The number of methoxy groups -OCH3 is 1. The molecule has 0 radical (unpaired) electrons. The first-order valence-electron chi connectivity index (χ1n) is 11.8. The number of likely N-dealkylation sites (tertiary alicyclic amines) is 1. The van der Waals surface area contributed by atoms with E-state index in [0.29, 0.717) is 30.7 Å². The second-order valence-electron chi connectivity index (χ2n) is 8.98. The fourth-order valence-corrected chi connectivity index (χ4v) is 4.93. The Labute approximate surface area is 199 Å². The molecular weight excluding hydrogens is 435 g/mol. The number of carboxylic acid groups (broad SMARTS) is 1. The topological polar surface area (TPSA) is 88.4 Å². The molecular formula is C26H31FN4O3. The highest BCUT2D eigenvalue weighted by Gasteiger charge is 2.34. The van der Waals surface area contributed by atoms with Crippen molar-refractivity contribution in [1.29, 1.82) is 0 Å². The lowest BCUT2D eigenvalue weighted by atomic mass is 9.81. The zero-order valence-corrected chi connectivity index (χ0v) is 19.4. The molecule has 3 atom stereocenters. The number of aromatic nitrogens is 3. The van der Waals surface area contributed by atoms with Gasteiger partial charge in [0.05, 0.1) is 24.7 Å². The van der Waals surface area contributed by atoms with Crippen LogP contribution in [0.3, 0.4) is 0 Å². The number of ether oxygens (including phenoxy) is 1. The summed E-state index contributed by atoms with van der Waals surface area (Å²) in [6.45, 7) is 2.20. The van der Waals surface area contributed by atoms with Gasteiger partial charge in [-0.05, 0) is 92.6 Å². The molecule has 1 saturated heterocycles. The molecule has 1 aliphatic heterocycles. The Hall–Kier alpha value is -3.13. The summed E-state index contributed by atoms with van der Waals surface area (Å²) < 4.78 is 20.6. The molecule has 0 spiro atoms. The van der Waals surface area contributed by atoms with Crippen LogP contribution in [0, 0.1) is 11.8 Å². The summed E-state index contributed by atoms with van der Waals surface area (Å²) in [5.74, 6) is -0.633. The van der Waals surface area contributed by atoms with E-state index in [9.17, 15) is 9.90 Å². The van der Waals surface area contributed by atoms with Crippen LogP contribution in [0.2, 0.25) is 0 Å². The Morgan fingerprint density at radius 2 is 2.15 bits per heavy atom. The third-order valence-electron chi connectivity index (χ3n) is 6.85. The molecule has 0 saturated carbocycles. The highest BCUT2D eigenvalue weighted by molar-refractivity contribution is 5.83. The molecule has 7 nitrogen and oxygen atoms in total. The van der Waals surface area contributed by atoms with Crippen LogP contribution >= 0.6 is 0 Å². The van der Waals surface area contributed by atoms with Gasteiger partial charge in [0.1, 0.15) is 11.9 Å². The predicted molar refractivity (Wildman–Crippen MR) is 127 cm³/mol. The van der Waals surface area contributed by atoms with Crippen LogP contribution in [-0.4, -0.2) is 57.9 Å². The summed E-state index contributed by atoms with van der Waals surface area (Å²) in [5.41, 5.74) is 2.44. The van der Waals surface area contributed by atoms with Crippen molar-refractivity contribution in [1.82, 2.24) is 20.1 Å². The molecule has 4 rings (SSSR count). The summed E-state index contributed by atoms with van der Waals surface area (Å²) in [7, 11) is 1.58.